The zero-order valence-corrected chi connectivity index (χ0v) is 22.0. The van der Waals surface area contributed by atoms with Gasteiger partial charge in [-0.1, -0.05) is 23.2 Å². The number of hydrogen-bond acceptors (Lipinski definition) is 6. The summed E-state index contributed by atoms with van der Waals surface area (Å²) in [4.78, 5) is 35.4. The fourth-order valence-electron chi connectivity index (χ4n) is 4.35. The number of nitrogens with one attached hydrogen (secondary N) is 2. The second-order valence-electron chi connectivity index (χ2n) is 8.95. The third-order valence-electron chi connectivity index (χ3n) is 6.25. The Morgan fingerprint density at radius 2 is 2.03 bits per heavy atom. The average molecular weight is 552 g/mol. The number of aromatic amines is 1. The number of benzene rings is 2. The highest BCUT2D eigenvalue weighted by atomic mass is 35.5. The number of nitrogens with two attached hydrogens (primary N) is 1. The predicted octanol–water partition coefficient (Wildman–Crippen LogP) is 3.34. The minimum Gasteiger partial charge on any atom is -0.342 e. The van der Waals surface area contributed by atoms with Gasteiger partial charge in [-0.15, -0.1) is 0 Å². The molecule has 12 heteroatoms. The molecule has 0 spiro atoms. The minimum absolute atomic E-state index is 0.0224. The Morgan fingerprint density at radius 3 is 2.72 bits per heavy atom. The summed E-state index contributed by atoms with van der Waals surface area (Å²) in [5.74, 6) is -0.438. The van der Waals surface area contributed by atoms with Crippen LogP contribution >= 0.6 is 23.2 Å². The van der Waals surface area contributed by atoms with Gasteiger partial charge in [-0.25, -0.2) is 13.4 Å². The van der Waals surface area contributed by atoms with E-state index in [0.29, 0.717) is 40.5 Å². The molecule has 4 N–H and O–H groups in total. The Balaban J connectivity index is 1.56. The molecule has 9 nitrogen and oxygen atoms in total. The Kier molecular flexibility index (Phi) is 7.89. The van der Waals surface area contributed by atoms with Crippen molar-refractivity contribution in [1.82, 2.24) is 20.2 Å². The number of rotatable bonds is 8. The number of H-pyrrole nitrogens is 1. The van der Waals surface area contributed by atoms with Gasteiger partial charge in [0.15, 0.2) is 0 Å². The SMILES string of the molecule is CS(=O)(=O)CCC(NC(=O)c1ccc(C(=O)N2CCC[C@@H]2CN)c(Cl)c1)c1nc2ccc(Cl)cc2[nH]1. The van der Waals surface area contributed by atoms with Crippen LogP contribution in [0.25, 0.3) is 11.0 Å². The molecule has 0 saturated carbocycles. The molecule has 1 aromatic heterocycles. The summed E-state index contributed by atoms with van der Waals surface area (Å²) in [7, 11) is -3.29. The van der Waals surface area contributed by atoms with E-state index in [1.807, 2.05) is 0 Å². The van der Waals surface area contributed by atoms with Gasteiger partial charge in [-0.05, 0) is 55.7 Å². The maximum atomic E-state index is 13.1. The summed E-state index contributed by atoms with van der Waals surface area (Å²) in [6.45, 7) is 0.997. The van der Waals surface area contributed by atoms with Gasteiger partial charge in [0.05, 0.1) is 33.4 Å². The number of hydrogen-bond donors (Lipinski definition) is 3. The van der Waals surface area contributed by atoms with Crippen LogP contribution in [0.4, 0.5) is 0 Å². The Hall–Kier alpha value is -2.66. The smallest absolute Gasteiger partial charge is 0.255 e. The second-order valence-corrected chi connectivity index (χ2v) is 12.1. The Bertz CT molecular complexity index is 1410. The summed E-state index contributed by atoms with van der Waals surface area (Å²) >= 11 is 12.5. The third kappa shape index (κ3) is 6.00. The average Bonchev–Trinajstić information content (AvgIpc) is 3.47. The quantitative estimate of drug-likeness (QED) is 0.392. The van der Waals surface area contributed by atoms with Crippen LogP contribution in [0.2, 0.25) is 10.0 Å². The van der Waals surface area contributed by atoms with Crippen molar-refractivity contribution < 1.29 is 18.0 Å². The molecule has 36 heavy (non-hydrogen) atoms. The molecule has 0 bridgehead atoms. The van der Waals surface area contributed by atoms with E-state index in [9.17, 15) is 18.0 Å². The number of halogens is 2. The first-order valence-corrected chi connectivity index (χ1v) is 14.3. The summed E-state index contributed by atoms with van der Waals surface area (Å²) in [5.41, 5.74) is 7.63. The zero-order valence-electron chi connectivity index (χ0n) is 19.6. The largest absolute Gasteiger partial charge is 0.342 e. The maximum absolute atomic E-state index is 13.1. The number of sulfone groups is 1. The van der Waals surface area contributed by atoms with E-state index < -0.39 is 21.8 Å². The molecule has 3 aromatic rings. The predicted molar refractivity (Wildman–Crippen MR) is 140 cm³/mol. The van der Waals surface area contributed by atoms with Gasteiger partial charge in [-0.2, -0.15) is 0 Å². The van der Waals surface area contributed by atoms with E-state index >= 15 is 0 Å². The van der Waals surface area contributed by atoms with E-state index in [1.165, 1.54) is 18.2 Å². The van der Waals surface area contributed by atoms with E-state index in [4.69, 9.17) is 28.9 Å². The number of fused-ring (bicyclic) bond motifs is 1. The van der Waals surface area contributed by atoms with E-state index in [1.54, 1.807) is 23.1 Å². The molecule has 4 rings (SSSR count). The van der Waals surface area contributed by atoms with Crippen molar-refractivity contribution in [2.24, 2.45) is 5.73 Å². The lowest BCUT2D eigenvalue weighted by Crippen LogP contribution is -2.40. The van der Waals surface area contributed by atoms with Gasteiger partial charge in [0.1, 0.15) is 15.7 Å². The van der Waals surface area contributed by atoms with E-state index in [2.05, 4.69) is 15.3 Å². The van der Waals surface area contributed by atoms with Crippen LogP contribution in [0.1, 0.15) is 51.8 Å². The molecular formula is C24H27Cl2N5O4S. The summed E-state index contributed by atoms with van der Waals surface area (Å²) in [6, 6.07) is 8.88. The molecule has 1 saturated heterocycles. The maximum Gasteiger partial charge on any atom is 0.255 e. The highest BCUT2D eigenvalue weighted by Crippen LogP contribution is 2.26. The summed E-state index contributed by atoms with van der Waals surface area (Å²) in [5, 5.41) is 3.52. The number of amides is 2. The van der Waals surface area contributed by atoms with Crippen molar-refractivity contribution in [2.45, 2.75) is 31.3 Å². The first kappa shape index (κ1) is 26.4. The van der Waals surface area contributed by atoms with Crippen molar-refractivity contribution in [1.29, 1.82) is 0 Å². The van der Waals surface area contributed by atoms with Gasteiger partial charge in [0.2, 0.25) is 0 Å². The van der Waals surface area contributed by atoms with Gasteiger partial charge in [0.25, 0.3) is 11.8 Å². The lowest BCUT2D eigenvalue weighted by Gasteiger charge is -2.24. The topological polar surface area (TPSA) is 138 Å². The van der Waals surface area contributed by atoms with Crippen LogP contribution in [-0.4, -0.2) is 66.2 Å². The van der Waals surface area contributed by atoms with Crippen LogP contribution in [-0.2, 0) is 9.84 Å². The first-order valence-electron chi connectivity index (χ1n) is 11.5. The van der Waals surface area contributed by atoms with Crippen molar-refractivity contribution in [3.63, 3.8) is 0 Å². The van der Waals surface area contributed by atoms with Crippen LogP contribution < -0.4 is 11.1 Å². The fourth-order valence-corrected chi connectivity index (χ4v) is 5.45. The number of carbonyl (C=O) groups is 2. The van der Waals surface area contributed by atoms with Crippen LogP contribution in [0.15, 0.2) is 36.4 Å². The number of imidazole rings is 1. The molecule has 192 valence electrons. The minimum atomic E-state index is -3.29. The molecule has 1 aliphatic rings. The number of carbonyl (C=O) groups excluding carboxylic acids is 2. The number of likely N-dealkylation sites (tertiary alicyclic amines) is 1. The standard InChI is InChI=1S/C24H27Cl2N5O4S/c1-36(34,35)10-8-20(22-28-19-7-5-15(25)12-21(19)29-22)30-23(32)14-4-6-17(18(26)11-14)24(33)31-9-2-3-16(31)13-27/h4-7,11-12,16,20H,2-3,8-10,13,27H2,1H3,(H,28,29)(H,30,32)/t16-,20?/m1/s1. The zero-order chi connectivity index (χ0) is 26.0. The third-order valence-corrected chi connectivity index (χ3v) is 7.77. The van der Waals surface area contributed by atoms with Crippen molar-refractivity contribution in [3.05, 3.63) is 63.4 Å². The van der Waals surface area contributed by atoms with Gasteiger partial charge < -0.3 is 20.9 Å². The van der Waals surface area contributed by atoms with E-state index in [0.717, 1.165) is 19.1 Å². The monoisotopic (exact) mass is 551 g/mol. The van der Waals surface area contributed by atoms with Crippen molar-refractivity contribution in [3.8, 4) is 0 Å². The molecule has 2 aromatic carbocycles. The normalized spacial score (nSPS) is 16.9. The fraction of sp³-hybridized carbons (Fsp3) is 0.375. The van der Waals surface area contributed by atoms with Gasteiger partial charge >= 0.3 is 0 Å². The molecular weight excluding hydrogens is 525 g/mol. The van der Waals surface area contributed by atoms with Gasteiger partial charge in [-0.3, -0.25) is 9.59 Å². The van der Waals surface area contributed by atoms with Gasteiger partial charge in [0, 0.05) is 36.0 Å². The molecule has 1 unspecified atom stereocenters. The van der Waals surface area contributed by atoms with E-state index in [-0.39, 0.29) is 34.7 Å². The van der Waals surface area contributed by atoms with Crippen LogP contribution in [0.3, 0.4) is 0 Å². The van der Waals surface area contributed by atoms with Crippen molar-refractivity contribution >= 4 is 55.9 Å². The number of nitrogens with zero attached hydrogens (tertiary/aromatic N) is 2. The Morgan fingerprint density at radius 1 is 1.25 bits per heavy atom. The molecule has 2 amide bonds. The van der Waals surface area contributed by atoms with Crippen LogP contribution in [0.5, 0.6) is 0 Å². The molecule has 0 radical (unpaired) electrons. The lowest BCUT2D eigenvalue weighted by molar-refractivity contribution is 0.0740. The molecule has 2 heterocycles. The highest BCUT2D eigenvalue weighted by Gasteiger charge is 2.30. The number of aromatic nitrogens is 2. The summed E-state index contributed by atoms with van der Waals surface area (Å²) in [6.07, 6.45) is 2.98. The molecule has 2 atom stereocenters. The Labute approximate surface area is 219 Å². The molecule has 1 fully saturated rings. The lowest BCUT2D eigenvalue weighted by atomic mass is 10.1. The summed E-state index contributed by atoms with van der Waals surface area (Å²) < 4.78 is 23.6. The first-order chi connectivity index (χ1) is 17.1. The van der Waals surface area contributed by atoms with Crippen LogP contribution in [0, 0.1) is 0 Å². The molecule has 0 aliphatic carbocycles. The molecule has 1 aliphatic heterocycles. The highest BCUT2D eigenvalue weighted by molar-refractivity contribution is 7.90. The second kappa shape index (κ2) is 10.8. The van der Waals surface area contributed by atoms with Crippen molar-refractivity contribution in [2.75, 3.05) is 25.1 Å².